The predicted molar refractivity (Wildman–Crippen MR) is 80.5 cm³/mol. The largest absolute Gasteiger partial charge is 0.374 e. The highest BCUT2D eigenvalue weighted by Gasteiger charge is 2.64. The van der Waals surface area contributed by atoms with Crippen LogP contribution in [0.25, 0.3) is 0 Å². The van der Waals surface area contributed by atoms with Gasteiger partial charge in [-0.15, -0.1) is 0 Å². The lowest BCUT2D eigenvalue weighted by molar-refractivity contribution is -0.109. The molecule has 126 valence electrons. The molecule has 0 rings (SSSR count). The van der Waals surface area contributed by atoms with Crippen LogP contribution in [-0.2, 0) is 32.0 Å². The molecule has 0 saturated heterocycles. The van der Waals surface area contributed by atoms with Crippen molar-refractivity contribution in [2.75, 3.05) is 28.4 Å². The van der Waals surface area contributed by atoms with Gasteiger partial charge in [0.15, 0.2) is 5.12 Å². The summed E-state index contributed by atoms with van der Waals surface area (Å²) in [6.45, 7) is 2.95. The van der Waals surface area contributed by atoms with Crippen LogP contribution < -0.4 is 0 Å². The van der Waals surface area contributed by atoms with E-state index in [1.54, 1.807) is 6.92 Å². The fourth-order valence-electron chi connectivity index (χ4n) is 1.82. The predicted octanol–water partition coefficient (Wildman–Crippen LogP) is 2.66. The van der Waals surface area contributed by atoms with Gasteiger partial charge in [-0.2, -0.15) is 0 Å². The van der Waals surface area contributed by atoms with Crippen molar-refractivity contribution in [3.8, 4) is 0 Å². The SMILES string of the molecule is COP(=O)(OC)C(O)(CC(C)SC(C)=O)P(=O)(OC)OC. The van der Waals surface area contributed by atoms with Crippen molar-refractivity contribution >= 4 is 32.1 Å². The molecule has 0 aliphatic carbocycles. The van der Waals surface area contributed by atoms with E-state index in [0.717, 1.165) is 40.2 Å². The first-order valence-electron chi connectivity index (χ1n) is 5.88. The van der Waals surface area contributed by atoms with Crippen molar-refractivity contribution < 1.29 is 37.1 Å². The molecule has 0 aliphatic heterocycles. The Morgan fingerprint density at radius 1 is 1.10 bits per heavy atom. The van der Waals surface area contributed by atoms with Gasteiger partial charge in [0, 0.05) is 47.0 Å². The molecule has 0 radical (unpaired) electrons. The molecule has 21 heavy (non-hydrogen) atoms. The summed E-state index contributed by atoms with van der Waals surface area (Å²) >= 11 is 0.892. The first kappa shape index (κ1) is 21.3. The first-order valence-corrected chi connectivity index (χ1v) is 9.85. The highest BCUT2D eigenvalue weighted by molar-refractivity contribution is 8.14. The highest BCUT2D eigenvalue weighted by Crippen LogP contribution is 2.77. The zero-order valence-electron chi connectivity index (χ0n) is 12.9. The van der Waals surface area contributed by atoms with E-state index in [4.69, 9.17) is 18.1 Å². The van der Waals surface area contributed by atoms with Crippen molar-refractivity contribution in [2.45, 2.75) is 30.6 Å². The molecule has 0 aromatic rings. The number of hydrogen-bond acceptors (Lipinski definition) is 9. The summed E-state index contributed by atoms with van der Waals surface area (Å²) in [6, 6.07) is 0. The molecule has 0 amide bonds. The molecule has 1 atom stereocenters. The lowest BCUT2D eigenvalue weighted by atomic mass is 10.3. The van der Waals surface area contributed by atoms with Gasteiger partial charge < -0.3 is 23.2 Å². The number of thioether (sulfide) groups is 1. The van der Waals surface area contributed by atoms with Gasteiger partial charge in [0.05, 0.1) is 0 Å². The Morgan fingerprint density at radius 3 is 1.67 bits per heavy atom. The lowest BCUT2D eigenvalue weighted by Gasteiger charge is -2.37. The van der Waals surface area contributed by atoms with Gasteiger partial charge in [0.1, 0.15) is 0 Å². The van der Waals surface area contributed by atoms with Crippen LogP contribution >= 0.6 is 27.0 Å². The number of carbonyl (C=O) groups excluding carboxylic acids is 1. The van der Waals surface area contributed by atoms with Crippen LogP contribution in [0.3, 0.4) is 0 Å². The molecule has 1 unspecified atom stereocenters. The smallest absolute Gasteiger partial charge is 0.367 e. The zero-order valence-corrected chi connectivity index (χ0v) is 15.5. The molecule has 0 saturated carbocycles. The van der Waals surface area contributed by atoms with Crippen molar-refractivity contribution in [3.05, 3.63) is 0 Å². The van der Waals surface area contributed by atoms with Crippen molar-refractivity contribution in [1.82, 2.24) is 0 Å². The fraction of sp³-hybridized carbons (Fsp3) is 0.900. The van der Waals surface area contributed by atoms with E-state index in [1.807, 2.05) is 0 Å². The average molecular weight is 364 g/mol. The number of carbonyl (C=O) groups is 1. The summed E-state index contributed by atoms with van der Waals surface area (Å²) in [7, 11) is -4.28. The number of hydrogen-bond donors (Lipinski definition) is 1. The standard InChI is InChI=1S/C10H22O8P2S/c1-8(21-9(2)11)7-10(12,19(13,15-3)16-4)20(14,17-5)18-6/h8,12H,7H2,1-6H3. The van der Waals surface area contributed by atoms with Gasteiger partial charge in [-0.25, -0.2) is 0 Å². The second-order valence-corrected chi connectivity index (χ2v) is 11.0. The van der Waals surface area contributed by atoms with Crippen LogP contribution in [0.2, 0.25) is 0 Å². The Balaban J connectivity index is 5.85. The third kappa shape index (κ3) is 4.39. The van der Waals surface area contributed by atoms with Crippen LogP contribution in [0.4, 0.5) is 0 Å². The summed E-state index contributed by atoms with van der Waals surface area (Å²) in [5, 5.41) is 7.52. The van der Waals surface area contributed by atoms with Gasteiger partial charge in [0.2, 0.25) is 0 Å². The molecule has 0 heterocycles. The molecule has 8 nitrogen and oxygen atoms in total. The van der Waals surface area contributed by atoms with Gasteiger partial charge in [-0.3, -0.25) is 13.9 Å². The first-order chi connectivity index (χ1) is 9.55. The second-order valence-electron chi connectivity index (χ2n) is 4.12. The van der Waals surface area contributed by atoms with Crippen molar-refractivity contribution in [1.29, 1.82) is 0 Å². The van der Waals surface area contributed by atoms with Gasteiger partial charge in [-0.05, 0) is 0 Å². The van der Waals surface area contributed by atoms with Gasteiger partial charge in [0.25, 0.3) is 5.08 Å². The van der Waals surface area contributed by atoms with E-state index >= 15 is 0 Å². The number of rotatable bonds is 9. The second kappa shape index (κ2) is 8.22. The Hall–Kier alpha value is 0.280. The monoisotopic (exact) mass is 364 g/mol. The molecular formula is C10H22O8P2S. The van der Waals surface area contributed by atoms with Crippen LogP contribution in [0, 0.1) is 0 Å². The van der Waals surface area contributed by atoms with Gasteiger partial charge in [-0.1, -0.05) is 18.7 Å². The molecule has 0 aromatic heterocycles. The maximum atomic E-state index is 12.6. The van der Waals surface area contributed by atoms with E-state index in [1.165, 1.54) is 6.92 Å². The quantitative estimate of drug-likeness (QED) is 0.618. The topological polar surface area (TPSA) is 108 Å². The van der Waals surface area contributed by atoms with Crippen LogP contribution in [0.15, 0.2) is 0 Å². The van der Waals surface area contributed by atoms with E-state index in [9.17, 15) is 19.0 Å². The average Bonchev–Trinajstić information content (AvgIpc) is 2.43. The summed E-state index contributed by atoms with van der Waals surface area (Å²) in [6.07, 6.45) is -0.352. The van der Waals surface area contributed by atoms with Crippen LogP contribution in [0.1, 0.15) is 20.3 Å². The molecule has 0 bridgehead atoms. The zero-order chi connectivity index (χ0) is 16.9. The van der Waals surface area contributed by atoms with Crippen LogP contribution in [-0.4, -0.2) is 49.0 Å². The maximum Gasteiger partial charge on any atom is 0.374 e. The maximum absolute atomic E-state index is 12.6. The molecule has 1 N–H and O–H groups in total. The van der Waals surface area contributed by atoms with E-state index in [2.05, 4.69) is 0 Å². The lowest BCUT2D eigenvalue weighted by Crippen LogP contribution is -2.34. The summed E-state index contributed by atoms with van der Waals surface area (Å²) in [5.41, 5.74) is 0. The minimum atomic E-state index is -4.24. The molecule has 11 heteroatoms. The molecule has 0 fully saturated rings. The minimum Gasteiger partial charge on any atom is -0.367 e. The van der Waals surface area contributed by atoms with Crippen molar-refractivity contribution in [3.63, 3.8) is 0 Å². The van der Waals surface area contributed by atoms with Crippen LogP contribution in [0.5, 0.6) is 0 Å². The Bertz CT molecular complexity index is 412. The normalized spacial score (nSPS) is 15.0. The van der Waals surface area contributed by atoms with Crippen molar-refractivity contribution in [2.24, 2.45) is 0 Å². The summed E-state index contributed by atoms with van der Waals surface area (Å²) in [4.78, 5) is 11.1. The molecular weight excluding hydrogens is 342 g/mol. The van der Waals surface area contributed by atoms with E-state index in [-0.39, 0.29) is 11.5 Å². The fourth-order valence-corrected chi connectivity index (χ4v) is 7.60. The Kier molecular flexibility index (Phi) is 8.33. The van der Waals surface area contributed by atoms with E-state index in [0.29, 0.717) is 0 Å². The highest BCUT2D eigenvalue weighted by atomic mass is 32.2. The summed E-state index contributed by atoms with van der Waals surface area (Å²) in [5.74, 6) is 0. The molecule has 0 spiro atoms. The Morgan fingerprint density at radius 2 is 1.43 bits per heavy atom. The molecule has 0 aromatic carbocycles. The number of aliphatic hydroxyl groups is 1. The van der Waals surface area contributed by atoms with Gasteiger partial charge >= 0.3 is 15.2 Å². The third-order valence-corrected chi connectivity index (χ3v) is 9.18. The molecule has 0 aliphatic rings. The minimum absolute atomic E-state index is 0.209. The van der Waals surface area contributed by atoms with E-state index < -0.39 is 25.5 Å². The third-order valence-electron chi connectivity index (χ3n) is 2.77. The summed E-state index contributed by atoms with van der Waals surface area (Å²) < 4.78 is 44.3. The Labute approximate surface area is 128 Å².